The second-order valence-electron chi connectivity index (χ2n) is 4.90. The molecule has 0 saturated heterocycles. The summed E-state index contributed by atoms with van der Waals surface area (Å²) in [6, 6.07) is 3.23. The monoisotopic (exact) mass is 318 g/mol. The summed E-state index contributed by atoms with van der Waals surface area (Å²) in [5.74, 6) is 1.63. The molecule has 0 bridgehead atoms. The van der Waals surface area contributed by atoms with Crippen LogP contribution in [0.15, 0.2) is 21.6 Å². The zero-order valence-corrected chi connectivity index (χ0v) is 13.5. The maximum atomic E-state index is 12.3. The first-order valence-corrected chi connectivity index (χ1v) is 9.47. The van der Waals surface area contributed by atoms with Crippen molar-refractivity contribution in [2.75, 3.05) is 12.8 Å². The van der Waals surface area contributed by atoms with Crippen molar-refractivity contribution in [1.29, 1.82) is 0 Å². The maximum Gasteiger partial charge on any atom is 0.274 e. The van der Waals surface area contributed by atoms with Gasteiger partial charge in [0.25, 0.3) is 10.0 Å². The van der Waals surface area contributed by atoms with Crippen molar-refractivity contribution in [2.45, 2.75) is 49.1 Å². The van der Waals surface area contributed by atoms with Crippen molar-refractivity contribution >= 4 is 21.8 Å². The lowest BCUT2D eigenvalue weighted by molar-refractivity contribution is 0.402. The summed E-state index contributed by atoms with van der Waals surface area (Å²) in [6.07, 6.45) is 3.06. The molecule has 2 N–H and O–H groups in total. The molecule has 0 amide bonds. The number of rotatable bonds is 7. The van der Waals surface area contributed by atoms with Crippen molar-refractivity contribution in [3.8, 4) is 0 Å². The van der Waals surface area contributed by atoms with Gasteiger partial charge in [-0.2, -0.15) is 11.8 Å². The number of hydrogen-bond acceptors (Lipinski definition) is 5. The standard InChI is InChI=1S/C13H22N2O3S2/c1-3-19-12-6-4-5-11(12)15-20(16,17)13-8-7-10(18-13)9-14-2/h7-8,11-12,14-15H,3-6,9H2,1-2H3. The molecule has 2 atom stereocenters. The van der Waals surface area contributed by atoms with Gasteiger partial charge in [-0.1, -0.05) is 13.3 Å². The largest absolute Gasteiger partial charge is 0.447 e. The van der Waals surface area contributed by atoms with Gasteiger partial charge in [-0.05, 0) is 37.8 Å². The third-order valence-electron chi connectivity index (χ3n) is 3.39. The summed E-state index contributed by atoms with van der Waals surface area (Å²) < 4.78 is 32.8. The van der Waals surface area contributed by atoms with Crippen LogP contribution in [0.5, 0.6) is 0 Å². The van der Waals surface area contributed by atoms with Crippen molar-refractivity contribution < 1.29 is 12.8 Å². The lowest BCUT2D eigenvalue weighted by Crippen LogP contribution is -2.38. The molecule has 7 heteroatoms. The first kappa shape index (κ1) is 15.9. The Morgan fingerprint density at radius 3 is 2.90 bits per heavy atom. The van der Waals surface area contributed by atoms with E-state index in [2.05, 4.69) is 17.0 Å². The lowest BCUT2D eigenvalue weighted by atomic mass is 10.3. The van der Waals surface area contributed by atoms with Gasteiger partial charge in [0.2, 0.25) is 5.09 Å². The summed E-state index contributed by atoms with van der Waals surface area (Å²) in [6.45, 7) is 2.62. The highest BCUT2D eigenvalue weighted by molar-refractivity contribution is 8.00. The van der Waals surface area contributed by atoms with E-state index in [-0.39, 0.29) is 11.1 Å². The molecule has 114 valence electrons. The Morgan fingerprint density at radius 1 is 1.40 bits per heavy atom. The topological polar surface area (TPSA) is 71.3 Å². The minimum absolute atomic E-state index is 0.00917. The Bertz CT molecular complexity index is 527. The molecular weight excluding hydrogens is 296 g/mol. The average molecular weight is 318 g/mol. The minimum atomic E-state index is -3.55. The van der Waals surface area contributed by atoms with Crippen molar-refractivity contribution in [1.82, 2.24) is 10.0 Å². The van der Waals surface area contributed by atoms with Gasteiger partial charge in [0.1, 0.15) is 5.76 Å². The minimum Gasteiger partial charge on any atom is -0.447 e. The van der Waals surface area contributed by atoms with E-state index in [1.165, 1.54) is 6.07 Å². The molecule has 0 spiro atoms. The fourth-order valence-electron chi connectivity index (χ4n) is 2.50. The van der Waals surface area contributed by atoms with Gasteiger partial charge >= 0.3 is 0 Å². The van der Waals surface area contributed by atoms with E-state index in [0.29, 0.717) is 17.6 Å². The quantitative estimate of drug-likeness (QED) is 0.804. The zero-order chi connectivity index (χ0) is 14.6. The summed E-state index contributed by atoms with van der Waals surface area (Å²) in [7, 11) is -1.76. The molecule has 2 rings (SSSR count). The van der Waals surface area contributed by atoms with E-state index in [1.807, 2.05) is 11.8 Å². The molecule has 1 aromatic heterocycles. The molecule has 1 heterocycles. The third kappa shape index (κ3) is 3.78. The fourth-order valence-corrected chi connectivity index (χ4v) is 5.05. The summed E-state index contributed by atoms with van der Waals surface area (Å²) >= 11 is 1.83. The Morgan fingerprint density at radius 2 is 2.20 bits per heavy atom. The van der Waals surface area contributed by atoms with E-state index >= 15 is 0 Å². The van der Waals surface area contributed by atoms with Gasteiger partial charge in [0, 0.05) is 11.3 Å². The van der Waals surface area contributed by atoms with Gasteiger partial charge in [0.15, 0.2) is 0 Å². The molecule has 1 aromatic rings. The molecule has 1 fully saturated rings. The molecule has 0 aromatic carbocycles. The highest BCUT2D eigenvalue weighted by atomic mass is 32.2. The number of thioether (sulfide) groups is 1. The predicted molar refractivity (Wildman–Crippen MR) is 81.4 cm³/mol. The van der Waals surface area contributed by atoms with E-state index in [0.717, 1.165) is 25.0 Å². The fraction of sp³-hybridized carbons (Fsp3) is 0.692. The number of furan rings is 1. The molecule has 0 radical (unpaired) electrons. The van der Waals surface area contributed by atoms with Crippen LogP contribution in [0.3, 0.4) is 0 Å². The first-order chi connectivity index (χ1) is 9.56. The lowest BCUT2D eigenvalue weighted by Gasteiger charge is -2.19. The van der Waals surface area contributed by atoms with Crippen molar-refractivity contribution in [2.24, 2.45) is 0 Å². The Labute approximate surface area is 124 Å². The van der Waals surface area contributed by atoms with E-state index in [4.69, 9.17) is 4.42 Å². The van der Waals surface area contributed by atoms with Crippen LogP contribution in [-0.4, -0.2) is 32.5 Å². The second-order valence-corrected chi connectivity index (χ2v) is 8.06. The number of sulfonamides is 1. The summed E-state index contributed by atoms with van der Waals surface area (Å²) in [4.78, 5) is 0. The molecule has 20 heavy (non-hydrogen) atoms. The van der Waals surface area contributed by atoms with Gasteiger partial charge in [-0.15, -0.1) is 0 Å². The van der Waals surface area contributed by atoms with Crippen LogP contribution in [0.4, 0.5) is 0 Å². The van der Waals surface area contributed by atoms with Gasteiger partial charge in [-0.3, -0.25) is 0 Å². The molecule has 1 aliphatic rings. The zero-order valence-electron chi connectivity index (χ0n) is 11.9. The molecule has 5 nitrogen and oxygen atoms in total. The van der Waals surface area contributed by atoms with Crippen molar-refractivity contribution in [3.05, 3.63) is 17.9 Å². The third-order valence-corrected chi connectivity index (χ3v) is 6.08. The van der Waals surface area contributed by atoms with Gasteiger partial charge in [-0.25, -0.2) is 13.1 Å². The number of nitrogens with one attached hydrogen (secondary N) is 2. The first-order valence-electron chi connectivity index (χ1n) is 6.94. The van der Waals surface area contributed by atoms with E-state index in [9.17, 15) is 8.42 Å². The molecule has 1 saturated carbocycles. The Balaban J connectivity index is 2.06. The smallest absolute Gasteiger partial charge is 0.274 e. The van der Waals surface area contributed by atoms with Crippen LogP contribution < -0.4 is 10.0 Å². The Hall–Kier alpha value is -0.500. The van der Waals surface area contributed by atoms with Crippen LogP contribution >= 0.6 is 11.8 Å². The van der Waals surface area contributed by atoms with Crippen LogP contribution in [0, 0.1) is 0 Å². The van der Waals surface area contributed by atoms with E-state index in [1.54, 1.807) is 13.1 Å². The van der Waals surface area contributed by atoms with Gasteiger partial charge < -0.3 is 9.73 Å². The Kier molecular flexibility index (Phi) is 5.54. The molecule has 0 aliphatic heterocycles. The predicted octanol–water partition coefficient (Wildman–Crippen LogP) is 1.95. The van der Waals surface area contributed by atoms with Crippen LogP contribution in [0.2, 0.25) is 0 Å². The van der Waals surface area contributed by atoms with Crippen molar-refractivity contribution in [3.63, 3.8) is 0 Å². The second kappa shape index (κ2) is 6.98. The number of hydrogen-bond donors (Lipinski definition) is 2. The van der Waals surface area contributed by atoms with Crippen LogP contribution in [0.25, 0.3) is 0 Å². The SMILES string of the molecule is CCSC1CCCC1NS(=O)(=O)c1ccc(CNC)o1. The average Bonchev–Trinajstić information content (AvgIpc) is 3.01. The molecule has 1 aliphatic carbocycles. The van der Waals surface area contributed by atoms with E-state index < -0.39 is 10.0 Å². The van der Waals surface area contributed by atoms with Crippen LogP contribution in [0.1, 0.15) is 31.9 Å². The van der Waals surface area contributed by atoms with Gasteiger partial charge in [0.05, 0.1) is 6.54 Å². The summed E-state index contributed by atoms with van der Waals surface area (Å²) in [5.41, 5.74) is 0. The highest BCUT2D eigenvalue weighted by Gasteiger charge is 2.32. The van der Waals surface area contributed by atoms with Crippen LogP contribution in [-0.2, 0) is 16.6 Å². The molecular formula is C13H22N2O3S2. The summed E-state index contributed by atoms with van der Waals surface area (Å²) in [5, 5.41) is 3.32. The normalized spacial score (nSPS) is 23.3. The molecule has 2 unspecified atom stereocenters. The highest BCUT2D eigenvalue weighted by Crippen LogP contribution is 2.31. The maximum absolute atomic E-state index is 12.3.